The maximum absolute atomic E-state index is 12.7. The molecule has 1 aliphatic heterocycles. The minimum atomic E-state index is -3.49. The number of sulfonamides is 1. The summed E-state index contributed by atoms with van der Waals surface area (Å²) in [6.07, 6.45) is 4.24. The van der Waals surface area contributed by atoms with Crippen molar-refractivity contribution >= 4 is 27.6 Å². The van der Waals surface area contributed by atoms with E-state index in [1.54, 1.807) is 43.5 Å². The Balaban J connectivity index is 1.66. The summed E-state index contributed by atoms with van der Waals surface area (Å²) in [5.41, 5.74) is 0.602. The molecule has 0 saturated carbocycles. The maximum atomic E-state index is 12.7. The fourth-order valence-electron chi connectivity index (χ4n) is 3.07. The van der Waals surface area contributed by atoms with Crippen LogP contribution in [0.25, 0.3) is 0 Å². The quantitative estimate of drug-likeness (QED) is 0.503. The van der Waals surface area contributed by atoms with Crippen molar-refractivity contribution in [1.82, 2.24) is 9.29 Å². The van der Waals surface area contributed by atoms with Crippen LogP contribution in [0.1, 0.15) is 36.5 Å². The van der Waals surface area contributed by atoms with Crippen LogP contribution in [0.3, 0.4) is 0 Å². The highest BCUT2D eigenvalue weighted by atomic mass is 32.2. The molecule has 150 valence electrons. The molecule has 0 aliphatic carbocycles. The van der Waals surface area contributed by atoms with Crippen LogP contribution in [0, 0.1) is 0 Å². The van der Waals surface area contributed by atoms with E-state index in [0.29, 0.717) is 29.4 Å². The molecule has 1 atom stereocenters. The van der Waals surface area contributed by atoms with E-state index in [4.69, 9.17) is 4.74 Å². The molecule has 0 amide bonds. The molecule has 0 N–H and O–H groups in total. The van der Waals surface area contributed by atoms with Gasteiger partial charge in [-0.1, -0.05) is 18.2 Å². The minimum absolute atomic E-state index is 0.0144. The first-order valence-electron chi connectivity index (χ1n) is 9.23. The van der Waals surface area contributed by atoms with Crippen LogP contribution in [-0.4, -0.2) is 48.9 Å². The van der Waals surface area contributed by atoms with Gasteiger partial charge in [-0.2, -0.15) is 4.31 Å². The van der Waals surface area contributed by atoms with Crippen molar-refractivity contribution in [3.05, 3.63) is 48.2 Å². The van der Waals surface area contributed by atoms with Gasteiger partial charge >= 0.3 is 0 Å². The van der Waals surface area contributed by atoms with Crippen LogP contribution < -0.4 is 4.74 Å². The zero-order valence-electron chi connectivity index (χ0n) is 16.0. The minimum Gasteiger partial charge on any atom is -0.497 e. The number of ether oxygens (including phenoxy) is 1. The zero-order chi connectivity index (χ0) is 20.1. The standard InChI is InChI=1S/C20H24N2O4S2/c1-15(20(23)16-6-8-17(26-2)9-7-16)27-19-11-10-18(14-21-19)28(24,25)22-12-4-3-5-13-22/h6-11,14-15H,3-5,12-13H2,1-2H3. The van der Waals surface area contributed by atoms with Gasteiger partial charge in [0.05, 0.1) is 17.4 Å². The predicted molar refractivity (Wildman–Crippen MR) is 109 cm³/mol. The van der Waals surface area contributed by atoms with Crippen molar-refractivity contribution in [1.29, 1.82) is 0 Å². The highest BCUT2D eigenvalue weighted by molar-refractivity contribution is 8.00. The summed E-state index contributed by atoms with van der Waals surface area (Å²) in [6.45, 7) is 2.94. The number of carbonyl (C=O) groups is 1. The summed E-state index contributed by atoms with van der Waals surface area (Å²) in [5, 5.41) is 0.275. The van der Waals surface area contributed by atoms with Gasteiger partial charge in [0.1, 0.15) is 10.6 Å². The van der Waals surface area contributed by atoms with Crippen molar-refractivity contribution in [2.45, 2.75) is 41.4 Å². The Labute approximate surface area is 170 Å². The molecular weight excluding hydrogens is 396 g/mol. The third kappa shape index (κ3) is 4.74. The van der Waals surface area contributed by atoms with Gasteiger partial charge in [-0.05, 0) is 56.2 Å². The second-order valence-electron chi connectivity index (χ2n) is 6.65. The lowest BCUT2D eigenvalue weighted by atomic mass is 10.1. The molecule has 6 nitrogen and oxygen atoms in total. The molecule has 1 aliphatic rings. The van der Waals surface area contributed by atoms with Gasteiger partial charge in [0.2, 0.25) is 10.0 Å². The van der Waals surface area contributed by atoms with E-state index in [0.717, 1.165) is 19.3 Å². The van der Waals surface area contributed by atoms with E-state index in [2.05, 4.69) is 4.98 Å². The Bertz CT molecular complexity index is 906. The summed E-state index contributed by atoms with van der Waals surface area (Å²) in [6, 6.07) is 10.2. The van der Waals surface area contributed by atoms with Gasteiger partial charge in [0.25, 0.3) is 0 Å². The summed E-state index contributed by atoms with van der Waals surface area (Å²) in [4.78, 5) is 17.1. The van der Waals surface area contributed by atoms with Gasteiger partial charge in [0.15, 0.2) is 5.78 Å². The largest absolute Gasteiger partial charge is 0.497 e. The number of hydrogen-bond acceptors (Lipinski definition) is 6. The Kier molecular flexibility index (Phi) is 6.74. The van der Waals surface area contributed by atoms with Crippen molar-refractivity contribution in [3.63, 3.8) is 0 Å². The number of carbonyl (C=O) groups excluding carboxylic acids is 1. The van der Waals surface area contributed by atoms with Crippen LogP contribution in [-0.2, 0) is 10.0 Å². The summed E-state index contributed by atoms with van der Waals surface area (Å²) >= 11 is 1.31. The number of aromatic nitrogens is 1. The van der Waals surface area contributed by atoms with Crippen molar-refractivity contribution < 1.29 is 17.9 Å². The number of piperidine rings is 1. The molecule has 28 heavy (non-hydrogen) atoms. The zero-order valence-corrected chi connectivity index (χ0v) is 17.6. The Morgan fingerprint density at radius 3 is 2.36 bits per heavy atom. The molecule has 1 saturated heterocycles. The van der Waals surface area contributed by atoms with Crippen molar-refractivity contribution in [2.75, 3.05) is 20.2 Å². The lowest BCUT2D eigenvalue weighted by Crippen LogP contribution is -2.35. The van der Waals surface area contributed by atoms with E-state index in [-0.39, 0.29) is 15.9 Å². The van der Waals surface area contributed by atoms with E-state index in [9.17, 15) is 13.2 Å². The first-order valence-corrected chi connectivity index (χ1v) is 11.5. The number of Topliss-reactive ketones (excluding diaryl/α,β-unsaturated/α-hetero) is 1. The number of rotatable bonds is 7. The second kappa shape index (κ2) is 9.07. The number of ketones is 1. The summed E-state index contributed by atoms with van der Waals surface area (Å²) < 4.78 is 32.0. The first kappa shape index (κ1) is 20.8. The molecule has 0 spiro atoms. The average molecular weight is 421 g/mol. The van der Waals surface area contributed by atoms with Crippen molar-refractivity contribution in [3.8, 4) is 5.75 Å². The lowest BCUT2D eigenvalue weighted by molar-refractivity contribution is 0.0994. The second-order valence-corrected chi connectivity index (χ2v) is 9.95. The van der Waals surface area contributed by atoms with E-state index in [1.807, 2.05) is 6.92 Å². The fraction of sp³-hybridized carbons (Fsp3) is 0.400. The lowest BCUT2D eigenvalue weighted by Gasteiger charge is -2.25. The van der Waals surface area contributed by atoms with Crippen LogP contribution >= 0.6 is 11.8 Å². The monoisotopic (exact) mass is 420 g/mol. The summed E-state index contributed by atoms with van der Waals surface area (Å²) in [5.74, 6) is 0.684. The van der Waals surface area contributed by atoms with Crippen LogP contribution in [0.2, 0.25) is 0 Å². The molecular formula is C20H24N2O4S2. The summed E-state index contributed by atoms with van der Waals surface area (Å²) in [7, 11) is -1.91. The Morgan fingerprint density at radius 1 is 1.11 bits per heavy atom. The highest BCUT2D eigenvalue weighted by Gasteiger charge is 2.26. The molecule has 0 bridgehead atoms. The Hall–Kier alpha value is -1.90. The third-order valence-electron chi connectivity index (χ3n) is 4.70. The van der Waals surface area contributed by atoms with Gasteiger partial charge in [0, 0.05) is 24.8 Å². The molecule has 1 aromatic carbocycles. The molecule has 1 fully saturated rings. The van der Waals surface area contributed by atoms with E-state index >= 15 is 0 Å². The third-order valence-corrected chi connectivity index (χ3v) is 7.64. The van der Waals surface area contributed by atoms with Gasteiger partial charge < -0.3 is 4.74 Å². The molecule has 8 heteroatoms. The number of benzene rings is 1. The number of hydrogen-bond donors (Lipinski definition) is 0. The molecule has 3 rings (SSSR count). The van der Waals surface area contributed by atoms with E-state index in [1.165, 1.54) is 22.3 Å². The van der Waals surface area contributed by atoms with Gasteiger partial charge in [-0.15, -0.1) is 0 Å². The molecule has 1 aromatic heterocycles. The van der Waals surface area contributed by atoms with Crippen LogP contribution in [0.4, 0.5) is 0 Å². The number of thioether (sulfide) groups is 1. The Morgan fingerprint density at radius 2 is 1.79 bits per heavy atom. The normalized spacial score (nSPS) is 16.5. The highest BCUT2D eigenvalue weighted by Crippen LogP contribution is 2.26. The predicted octanol–water partition coefficient (Wildman–Crippen LogP) is 3.63. The van der Waals surface area contributed by atoms with E-state index < -0.39 is 10.0 Å². The fourth-order valence-corrected chi connectivity index (χ4v) is 5.40. The smallest absolute Gasteiger partial charge is 0.244 e. The number of pyridine rings is 1. The topological polar surface area (TPSA) is 76.6 Å². The van der Waals surface area contributed by atoms with Gasteiger partial charge in [-0.25, -0.2) is 13.4 Å². The van der Waals surface area contributed by atoms with Crippen molar-refractivity contribution in [2.24, 2.45) is 0 Å². The van der Waals surface area contributed by atoms with Crippen LogP contribution in [0.15, 0.2) is 52.5 Å². The van der Waals surface area contributed by atoms with Crippen LogP contribution in [0.5, 0.6) is 5.75 Å². The SMILES string of the molecule is COc1ccc(C(=O)C(C)Sc2ccc(S(=O)(=O)N3CCCCC3)cn2)cc1. The molecule has 2 heterocycles. The number of methoxy groups -OCH3 is 1. The molecule has 2 aromatic rings. The first-order chi connectivity index (χ1) is 13.4. The average Bonchev–Trinajstić information content (AvgIpc) is 2.74. The molecule has 0 radical (unpaired) electrons. The maximum Gasteiger partial charge on any atom is 0.244 e. The molecule has 1 unspecified atom stereocenters. The number of nitrogens with zero attached hydrogens (tertiary/aromatic N) is 2. The van der Waals surface area contributed by atoms with Gasteiger partial charge in [-0.3, -0.25) is 4.79 Å².